The molecule has 2 rings (SSSR count). The molecule has 0 radical (unpaired) electrons. The summed E-state index contributed by atoms with van der Waals surface area (Å²) < 4.78 is 16.9. The van der Waals surface area contributed by atoms with Gasteiger partial charge in [0, 0.05) is 0 Å². The third-order valence-electron chi connectivity index (χ3n) is 3.21. The van der Waals surface area contributed by atoms with Crippen LogP contribution in [-0.4, -0.2) is 19.5 Å². The molecular weight excluding hydrogens is 276 g/mol. The molecule has 3 heteroatoms. The first-order valence-corrected chi connectivity index (χ1v) is 7.83. The maximum atomic E-state index is 5.72. The number of rotatable bonds is 9. The minimum absolute atomic E-state index is 0.295. The van der Waals surface area contributed by atoms with Crippen molar-refractivity contribution >= 4 is 0 Å². The molecule has 2 aromatic rings. The summed E-state index contributed by atoms with van der Waals surface area (Å²) in [5.41, 5.74) is 1.33. The molecule has 0 heterocycles. The van der Waals surface area contributed by atoms with E-state index < -0.39 is 0 Å². The maximum absolute atomic E-state index is 5.72. The first-order valence-electron chi connectivity index (χ1n) is 7.83. The summed E-state index contributed by atoms with van der Waals surface area (Å²) in [6.07, 6.45) is 1.96. The molecule has 0 N–H and O–H groups in total. The average Bonchev–Trinajstić information content (AvgIpc) is 2.55. The zero-order valence-electron chi connectivity index (χ0n) is 13.3. The molecule has 1 atom stereocenters. The number of hydrogen-bond donors (Lipinski definition) is 0. The molecule has 118 valence electrons. The van der Waals surface area contributed by atoms with Gasteiger partial charge in [0.15, 0.2) is 6.29 Å². The standard InChI is InChI=1S/C19H24O3/c1-3-7-17-10-12-19(13-11-17)22-16(2)20-14-15-21-18-8-5-4-6-9-18/h4-6,8-13,16H,3,7,14-15H2,1-2H3. The highest BCUT2D eigenvalue weighted by molar-refractivity contribution is 5.27. The molecule has 1 unspecified atom stereocenters. The lowest BCUT2D eigenvalue weighted by Gasteiger charge is -2.16. The van der Waals surface area contributed by atoms with Crippen LogP contribution in [0.3, 0.4) is 0 Å². The van der Waals surface area contributed by atoms with Gasteiger partial charge in [-0.15, -0.1) is 0 Å². The second-order valence-electron chi connectivity index (χ2n) is 5.11. The van der Waals surface area contributed by atoms with Crippen LogP contribution in [0.2, 0.25) is 0 Å². The topological polar surface area (TPSA) is 27.7 Å². The van der Waals surface area contributed by atoms with Gasteiger partial charge in [0.2, 0.25) is 0 Å². The van der Waals surface area contributed by atoms with E-state index in [9.17, 15) is 0 Å². The Morgan fingerprint density at radius 1 is 0.864 bits per heavy atom. The van der Waals surface area contributed by atoms with Crippen molar-refractivity contribution in [1.82, 2.24) is 0 Å². The van der Waals surface area contributed by atoms with Gasteiger partial charge < -0.3 is 14.2 Å². The lowest BCUT2D eigenvalue weighted by molar-refractivity contribution is -0.0739. The van der Waals surface area contributed by atoms with E-state index in [0.29, 0.717) is 13.2 Å². The fourth-order valence-electron chi connectivity index (χ4n) is 2.14. The smallest absolute Gasteiger partial charge is 0.197 e. The third-order valence-corrected chi connectivity index (χ3v) is 3.21. The first kappa shape index (κ1) is 16.4. The minimum Gasteiger partial charge on any atom is -0.491 e. The normalized spacial score (nSPS) is 11.9. The Bertz CT molecular complexity index is 522. The number of aryl methyl sites for hydroxylation is 1. The van der Waals surface area contributed by atoms with E-state index in [2.05, 4.69) is 19.1 Å². The highest BCUT2D eigenvalue weighted by atomic mass is 16.7. The second kappa shape index (κ2) is 9.11. The van der Waals surface area contributed by atoms with E-state index in [4.69, 9.17) is 14.2 Å². The van der Waals surface area contributed by atoms with Crippen molar-refractivity contribution in [3.63, 3.8) is 0 Å². The number of para-hydroxylation sites is 1. The van der Waals surface area contributed by atoms with Gasteiger partial charge >= 0.3 is 0 Å². The molecule has 0 aliphatic heterocycles. The molecule has 2 aromatic carbocycles. The summed E-state index contributed by atoms with van der Waals surface area (Å²) in [4.78, 5) is 0. The van der Waals surface area contributed by atoms with Gasteiger partial charge in [-0.25, -0.2) is 0 Å². The lowest BCUT2D eigenvalue weighted by Crippen LogP contribution is -2.19. The summed E-state index contributed by atoms with van der Waals surface area (Å²) in [6.45, 7) is 5.07. The molecule has 0 amide bonds. The Labute approximate surface area is 132 Å². The Hall–Kier alpha value is -2.00. The quantitative estimate of drug-likeness (QED) is 0.505. The highest BCUT2D eigenvalue weighted by Crippen LogP contribution is 2.15. The zero-order chi connectivity index (χ0) is 15.6. The van der Waals surface area contributed by atoms with Gasteiger partial charge in [0.25, 0.3) is 0 Å². The first-order chi connectivity index (χ1) is 10.8. The summed E-state index contributed by atoms with van der Waals surface area (Å²) in [5.74, 6) is 1.68. The van der Waals surface area contributed by atoms with Crippen molar-refractivity contribution in [2.24, 2.45) is 0 Å². The van der Waals surface area contributed by atoms with E-state index in [1.54, 1.807) is 0 Å². The summed E-state index contributed by atoms with van der Waals surface area (Å²) in [5, 5.41) is 0. The van der Waals surface area contributed by atoms with Crippen LogP contribution in [0.1, 0.15) is 25.8 Å². The lowest BCUT2D eigenvalue weighted by atomic mass is 10.1. The molecular formula is C19H24O3. The van der Waals surface area contributed by atoms with Crippen molar-refractivity contribution in [2.75, 3.05) is 13.2 Å². The van der Waals surface area contributed by atoms with Crippen molar-refractivity contribution in [3.8, 4) is 11.5 Å². The van der Waals surface area contributed by atoms with Crippen LogP contribution in [0.15, 0.2) is 54.6 Å². The number of benzene rings is 2. The maximum Gasteiger partial charge on any atom is 0.197 e. The predicted molar refractivity (Wildman–Crippen MR) is 88.4 cm³/mol. The van der Waals surface area contributed by atoms with Crippen LogP contribution in [-0.2, 0) is 11.2 Å². The number of ether oxygens (including phenoxy) is 3. The van der Waals surface area contributed by atoms with E-state index in [1.165, 1.54) is 5.56 Å². The van der Waals surface area contributed by atoms with Crippen LogP contribution in [0, 0.1) is 0 Å². The molecule has 0 fully saturated rings. The Morgan fingerprint density at radius 2 is 1.59 bits per heavy atom. The fraction of sp³-hybridized carbons (Fsp3) is 0.368. The average molecular weight is 300 g/mol. The molecule has 0 aliphatic carbocycles. The molecule has 3 nitrogen and oxygen atoms in total. The van der Waals surface area contributed by atoms with E-state index in [1.807, 2.05) is 49.4 Å². The molecule has 22 heavy (non-hydrogen) atoms. The molecule has 0 aliphatic rings. The molecule has 0 spiro atoms. The van der Waals surface area contributed by atoms with Crippen LogP contribution in [0.4, 0.5) is 0 Å². The van der Waals surface area contributed by atoms with Crippen molar-refractivity contribution < 1.29 is 14.2 Å². The van der Waals surface area contributed by atoms with E-state index >= 15 is 0 Å². The third kappa shape index (κ3) is 5.78. The van der Waals surface area contributed by atoms with Crippen molar-refractivity contribution in [1.29, 1.82) is 0 Å². The largest absolute Gasteiger partial charge is 0.491 e. The van der Waals surface area contributed by atoms with Crippen LogP contribution >= 0.6 is 0 Å². The highest BCUT2D eigenvalue weighted by Gasteiger charge is 2.04. The molecule has 0 saturated heterocycles. The van der Waals surface area contributed by atoms with Gasteiger partial charge in [-0.05, 0) is 43.2 Å². The van der Waals surface area contributed by atoms with Gasteiger partial charge in [-0.2, -0.15) is 0 Å². The van der Waals surface area contributed by atoms with Crippen LogP contribution < -0.4 is 9.47 Å². The van der Waals surface area contributed by atoms with Gasteiger partial charge in [0.1, 0.15) is 18.1 Å². The number of hydrogen-bond acceptors (Lipinski definition) is 3. The van der Waals surface area contributed by atoms with Gasteiger partial charge in [0.05, 0.1) is 6.61 Å². The minimum atomic E-state index is -0.295. The van der Waals surface area contributed by atoms with Crippen LogP contribution in [0.25, 0.3) is 0 Å². The second-order valence-corrected chi connectivity index (χ2v) is 5.11. The fourth-order valence-corrected chi connectivity index (χ4v) is 2.14. The van der Waals surface area contributed by atoms with Gasteiger partial charge in [-0.3, -0.25) is 0 Å². The predicted octanol–water partition coefficient (Wildman–Crippen LogP) is 4.46. The molecule has 0 aromatic heterocycles. The Balaban J connectivity index is 1.66. The van der Waals surface area contributed by atoms with Gasteiger partial charge in [-0.1, -0.05) is 43.7 Å². The van der Waals surface area contributed by atoms with Crippen molar-refractivity contribution in [2.45, 2.75) is 33.0 Å². The Kier molecular flexibility index (Phi) is 6.78. The zero-order valence-corrected chi connectivity index (χ0v) is 13.3. The summed E-state index contributed by atoms with van der Waals surface area (Å²) in [7, 11) is 0. The molecule has 0 bridgehead atoms. The molecule has 0 saturated carbocycles. The summed E-state index contributed by atoms with van der Waals surface area (Å²) >= 11 is 0. The SMILES string of the molecule is CCCc1ccc(OC(C)OCCOc2ccccc2)cc1. The summed E-state index contributed by atoms with van der Waals surface area (Å²) in [6, 6.07) is 17.9. The van der Waals surface area contributed by atoms with E-state index in [-0.39, 0.29) is 6.29 Å². The Morgan fingerprint density at radius 3 is 2.27 bits per heavy atom. The van der Waals surface area contributed by atoms with E-state index in [0.717, 1.165) is 24.3 Å². The van der Waals surface area contributed by atoms with Crippen LogP contribution in [0.5, 0.6) is 11.5 Å². The van der Waals surface area contributed by atoms with Crippen molar-refractivity contribution in [3.05, 3.63) is 60.2 Å². The monoisotopic (exact) mass is 300 g/mol.